The zero-order valence-electron chi connectivity index (χ0n) is 9.14. The van der Waals surface area contributed by atoms with E-state index in [1.807, 2.05) is 16.7 Å². The molecule has 0 amide bonds. The maximum Gasteiger partial charge on any atom is 0.161 e. The van der Waals surface area contributed by atoms with Gasteiger partial charge < -0.3 is 5.73 Å². The van der Waals surface area contributed by atoms with Crippen LogP contribution < -0.4 is 5.73 Å². The minimum atomic E-state index is 0.294. The van der Waals surface area contributed by atoms with Gasteiger partial charge in [0.15, 0.2) is 5.65 Å². The smallest absolute Gasteiger partial charge is 0.161 e. The van der Waals surface area contributed by atoms with E-state index < -0.39 is 0 Å². The van der Waals surface area contributed by atoms with Crippen LogP contribution in [-0.4, -0.2) is 21.1 Å². The van der Waals surface area contributed by atoms with Crippen LogP contribution in [-0.2, 0) is 0 Å². The van der Waals surface area contributed by atoms with Crippen molar-refractivity contribution in [3.8, 4) is 0 Å². The van der Waals surface area contributed by atoms with Gasteiger partial charge in [-0.1, -0.05) is 6.92 Å². The first-order valence-corrected chi connectivity index (χ1v) is 5.27. The van der Waals surface area contributed by atoms with Gasteiger partial charge in [-0.2, -0.15) is 0 Å². The number of nitrogens with zero attached hydrogens (tertiary/aromatic N) is 3. The molecule has 1 atom stereocenters. The molecule has 0 aliphatic carbocycles. The Morgan fingerprint density at radius 1 is 1.47 bits per heavy atom. The van der Waals surface area contributed by atoms with Gasteiger partial charge in [-0.15, -0.1) is 10.2 Å². The molecule has 4 heteroatoms. The lowest BCUT2D eigenvalue weighted by Gasteiger charge is -2.09. The van der Waals surface area contributed by atoms with Gasteiger partial charge in [-0.05, 0) is 31.0 Å². The van der Waals surface area contributed by atoms with Crippen molar-refractivity contribution in [3.63, 3.8) is 0 Å². The number of aryl methyl sites for hydroxylation is 1. The lowest BCUT2D eigenvalue weighted by molar-refractivity contribution is 0.623. The van der Waals surface area contributed by atoms with Crippen LogP contribution in [0, 0.1) is 6.92 Å². The van der Waals surface area contributed by atoms with Crippen molar-refractivity contribution in [2.45, 2.75) is 26.2 Å². The number of pyridine rings is 1. The topological polar surface area (TPSA) is 56.2 Å². The molecule has 0 bridgehead atoms. The van der Waals surface area contributed by atoms with E-state index in [0.29, 0.717) is 12.5 Å². The minimum Gasteiger partial charge on any atom is -0.330 e. The van der Waals surface area contributed by atoms with Crippen LogP contribution in [0.5, 0.6) is 0 Å². The summed E-state index contributed by atoms with van der Waals surface area (Å²) < 4.78 is 2.02. The summed E-state index contributed by atoms with van der Waals surface area (Å²) in [5.41, 5.74) is 7.81. The second-order valence-corrected chi connectivity index (χ2v) is 3.83. The molecule has 0 saturated carbocycles. The van der Waals surface area contributed by atoms with Gasteiger partial charge in [0, 0.05) is 18.7 Å². The SMILES string of the molecule is CCC(CN)c1nnc2cc(C)ccn12. The maximum absolute atomic E-state index is 5.71. The molecule has 0 spiro atoms. The Kier molecular flexibility index (Phi) is 2.68. The molecule has 2 aromatic heterocycles. The van der Waals surface area contributed by atoms with Crippen molar-refractivity contribution in [2.24, 2.45) is 5.73 Å². The molecule has 0 aliphatic rings. The summed E-state index contributed by atoms with van der Waals surface area (Å²) in [7, 11) is 0. The summed E-state index contributed by atoms with van der Waals surface area (Å²) in [5.74, 6) is 1.26. The van der Waals surface area contributed by atoms with Gasteiger partial charge in [0.1, 0.15) is 5.82 Å². The van der Waals surface area contributed by atoms with Crippen molar-refractivity contribution in [3.05, 3.63) is 29.7 Å². The molecule has 2 heterocycles. The summed E-state index contributed by atoms with van der Waals surface area (Å²) >= 11 is 0. The molecule has 1 unspecified atom stereocenters. The number of fused-ring (bicyclic) bond motifs is 1. The van der Waals surface area contributed by atoms with Gasteiger partial charge in [-0.25, -0.2) is 0 Å². The van der Waals surface area contributed by atoms with Crippen molar-refractivity contribution in [1.29, 1.82) is 0 Å². The van der Waals surface area contributed by atoms with Crippen LogP contribution in [0.2, 0.25) is 0 Å². The molecule has 2 aromatic rings. The zero-order chi connectivity index (χ0) is 10.8. The predicted octanol–water partition coefficient (Wildman–Crippen LogP) is 1.49. The van der Waals surface area contributed by atoms with Gasteiger partial charge in [0.25, 0.3) is 0 Å². The molecule has 0 aromatic carbocycles. The molecule has 2 rings (SSSR count). The van der Waals surface area contributed by atoms with Crippen molar-refractivity contribution >= 4 is 5.65 Å². The first-order valence-electron chi connectivity index (χ1n) is 5.27. The summed E-state index contributed by atoms with van der Waals surface area (Å²) in [6.07, 6.45) is 3.00. The van der Waals surface area contributed by atoms with Crippen molar-refractivity contribution in [1.82, 2.24) is 14.6 Å². The van der Waals surface area contributed by atoms with Crippen LogP contribution >= 0.6 is 0 Å². The highest BCUT2D eigenvalue weighted by molar-refractivity contribution is 5.41. The standard InChI is InChI=1S/C11H16N4/c1-3-9(7-12)11-14-13-10-6-8(2)4-5-15(10)11/h4-6,9H,3,7,12H2,1-2H3. The summed E-state index contributed by atoms with van der Waals surface area (Å²) in [6.45, 7) is 4.78. The second-order valence-electron chi connectivity index (χ2n) is 3.83. The Bertz CT molecular complexity index is 457. The monoisotopic (exact) mass is 204 g/mol. The fraction of sp³-hybridized carbons (Fsp3) is 0.455. The fourth-order valence-electron chi connectivity index (χ4n) is 1.74. The highest BCUT2D eigenvalue weighted by Crippen LogP contribution is 2.17. The summed E-state index contributed by atoms with van der Waals surface area (Å²) in [6, 6.07) is 4.09. The van der Waals surface area contributed by atoms with Crippen LogP contribution in [0.3, 0.4) is 0 Å². The van der Waals surface area contributed by atoms with E-state index in [1.54, 1.807) is 0 Å². The number of hydrogen-bond donors (Lipinski definition) is 1. The fourth-order valence-corrected chi connectivity index (χ4v) is 1.74. The molecule has 80 valence electrons. The third-order valence-electron chi connectivity index (χ3n) is 2.73. The van der Waals surface area contributed by atoms with Crippen LogP contribution in [0.1, 0.15) is 30.7 Å². The van der Waals surface area contributed by atoms with Gasteiger partial charge in [0.2, 0.25) is 0 Å². The molecular formula is C11H16N4. The van der Waals surface area contributed by atoms with Gasteiger partial charge >= 0.3 is 0 Å². The predicted molar refractivity (Wildman–Crippen MR) is 59.8 cm³/mol. The summed E-state index contributed by atoms with van der Waals surface area (Å²) in [4.78, 5) is 0. The van der Waals surface area contributed by atoms with Crippen LogP contribution in [0.25, 0.3) is 5.65 Å². The first kappa shape index (κ1) is 10.1. The van der Waals surface area contributed by atoms with Gasteiger partial charge in [0.05, 0.1) is 0 Å². The summed E-state index contributed by atoms with van der Waals surface area (Å²) in [5, 5.41) is 8.37. The molecule has 0 saturated heterocycles. The zero-order valence-corrected chi connectivity index (χ0v) is 9.14. The normalized spacial score (nSPS) is 13.3. The number of aromatic nitrogens is 3. The third kappa shape index (κ3) is 1.72. The van der Waals surface area contributed by atoms with Gasteiger partial charge in [-0.3, -0.25) is 4.40 Å². The van der Waals surface area contributed by atoms with E-state index in [9.17, 15) is 0 Å². The Morgan fingerprint density at radius 2 is 2.27 bits per heavy atom. The van der Waals surface area contributed by atoms with E-state index in [-0.39, 0.29) is 0 Å². The van der Waals surface area contributed by atoms with Crippen LogP contribution in [0.4, 0.5) is 0 Å². The minimum absolute atomic E-state index is 0.294. The highest BCUT2D eigenvalue weighted by Gasteiger charge is 2.14. The van der Waals surface area contributed by atoms with E-state index in [1.165, 1.54) is 5.56 Å². The highest BCUT2D eigenvalue weighted by atomic mass is 15.2. The van der Waals surface area contributed by atoms with E-state index in [4.69, 9.17) is 5.73 Å². The Labute approximate surface area is 89.1 Å². The molecule has 0 fully saturated rings. The van der Waals surface area contributed by atoms with Crippen molar-refractivity contribution in [2.75, 3.05) is 6.54 Å². The van der Waals surface area contributed by atoms with Crippen molar-refractivity contribution < 1.29 is 0 Å². The number of rotatable bonds is 3. The average Bonchev–Trinajstić information content (AvgIpc) is 2.63. The van der Waals surface area contributed by atoms with E-state index in [2.05, 4.69) is 30.1 Å². The molecule has 15 heavy (non-hydrogen) atoms. The van der Waals surface area contributed by atoms with Crippen LogP contribution in [0.15, 0.2) is 18.3 Å². The molecule has 0 aliphatic heterocycles. The Balaban J connectivity index is 2.53. The molecule has 4 nitrogen and oxygen atoms in total. The Hall–Kier alpha value is -1.42. The van der Waals surface area contributed by atoms with E-state index in [0.717, 1.165) is 17.9 Å². The molecule has 0 radical (unpaired) electrons. The average molecular weight is 204 g/mol. The molecular weight excluding hydrogens is 188 g/mol. The third-order valence-corrected chi connectivity index (χ3v) is 2.73. The molecule has 2 N–H and O–H groups in total. The Morgan fingerprint density at radius 3 is 2.93 bits per heavy atom. The number of nitrogens with two attached hydrogens (primary N) is 1. The maximum atomic E-state index is 5.71. The largest absolute Gasteiger partial charge is 0.330 e. The number of hydrogen-bond acceptors (Lipinski definition) is 3. The quantitative estimate of drug-likeness (QED) is 0.824. The second kappa shape index (κ2) is 3.98. The van der Waals surface area contributed by atoms with E-state index >= 15 is 0 Å². The lowest BCUT2D eigenvalue weighted by Crippen LogP contribution is -2.14. The first-order chi connectivity index (χ1) is 7.26. The lowest BCUT2D eigenvalue weighted by atomic mass is 10.1.